The van der Waals surface area contributed by atoms with Gasteiger partial charge in [0, 0.05) is 30.3 Å². The first-order chi connectivity index (χ1) is 11.4. The number of hydrogen-bond acceptors (Lipinski definition) is 2. The van der Waals surface area contributed by atoms with Crippen molar-refractivity contribution >= 4 is 51.1 Å². The summed E-state index contributed by atoms with van der Waals surface area (Å²) in [5.74, 6) is -0.517. The van der Waals surface area contributed by atoms with Crippen molar-refractivity contribution in [1.29, 1.82) is 0 Å². The lowest BCUT2D eigenvalue weighted by Gasteiger charge is -2.13. The topological polar surface area (TPSA) is 49.4 Å². The van der Waals surface area contributed by atoms with Crippen molar-refractivity contribution in [2.45, 2.75) is 0 Å². The number of anilines is 1. The van der Waals surface area contributed by atoms with Gasteiger partial charge in [-0.1, -0.05) is 45.7 Å². The fourth-order valence-corrected chi connectivity index (χ4v) is 2.58. The van der Waals surface area contributed by atoms with Gasteiger partial charge < -0.3 is 10.2 Å². The molecule has 0 radical (unpaired) electrons. The van der Waals surface area contributed by atoms with Crippen molar-refractivity contribution in [1.82, 2.24) is 4.90 Å². The maximum absolute atomic E-state index is 12.1. The molecule has 0 atom stereocenters. The molecule has 0 saturated heterocycles. The van der Waals surface area contributed by atoms with Gasteiger partial charge in [-0.3, -0.25) is 9.59 Å². The van der Waals surface area contributed by atoms with E-state index < -0.39 is 0 Å². The fraction of sp³-hybridized carbons (Fsp3) is 0.111. The number of carbonyl (C=O) groups is 2. The maximum Gasteiger partial charge on any atom is 0.254 e. The van der Waals surface area contributed by atoms with E-state index in [1.807, 2.05) is 24.3 Å². The smallest absolute Gasteiger partial charge is 0.254 e. The molecule has 6 heteroatoms. The van der Waals surface area contributed by atoms with Crippen LogP contribution in [0.15, 0.2) is 53.0 Å². The first-order valence-corrected chi connectivity index (χ1v) is 8.30. The van der Waals surface area contributed by atoms with Gasteiger partial charge in [0.25, 0.3) is 5.91 Å². The minimum absolute atomic E-state index is 0.222. The molecule has 0 aliphatic carbocycles. The molecule has 4 nitrogen and oxygen atoms in total. The number of halogens is 2. The van der Waals surface area contributed by atoms with Crippen molar-refractivity contribution in [3.63, 3.8) is 0 Å². The van der Waals surface area contributed by atoms with Crippen molar-refractivity contribution in [2.24, 2.45) is 0 Å². The fourth-order valence-electron chi connectivity index (χ4n) is 1.97. The van der Waals surface area contributed by atoms with Crippen LogP contribution in [0.3, 0.4) is 0 Å². The third-order valence-electron chi connectivity index (χ3n) is 3.19. The van der Waals surface area contributed by atoms with E-state index in [1.54, 1.807) is 38.4 Å². The molecule has 124 valence electrons. The summed E-state index contributed by atoms with van der Waals surface area (Å²) in [6.45, 7) is 0. The minimum atomic E-state index is -0.295. The van der Waals surface area contributed by atoms with Gasteiger partial charge in [-0.15, -0.1) is 0 Å². The van der Waals surface area contributed by atoms with Gasteiger partial charge in [-0.25, -0.2) is 0 Å². The number of carbonyl (C=O) groups excluding carboxylic acids is 2. The molecule has 0 aliphatic heterocycles. The lowest BCUT2D eigenvalue weighted by Crippen LogP contribution is -2.22. The Labute approximate surface area is 154 Å². The van der Waals surface area contributed by atoms with Crippen molar-refractivity contribution in [3.8, 4) is 0 Å². The summed E-state index contributed by atoms with van der Waals surface area (Å²) in [6.07, 6.45) is 3.14. The van der Waals surface area contributed by atoms with Crippen LogP contribution in [0, 0.1) is 0 Å². The van der Waals surface area contributed by atoms with E-state index >= 15 is 0 Å². The van der Waals surface area contributed by atoms with Crippen molar-refractivity contribution in [3.05, 3.63) is 69.2 Å². The average molecular weight is 408 g/mol. The molecule has 2 amide bonds. The highest BCUT2D eigenvalue weighted by Gasteiger charge is 2.13. The summed E-state index contributed by atoms with van der Waals surface area (Å²) < 4.78 is 0.902. The molecule has 2 rings (SSSR count). The number of nitrogens with zero attached hydrogens (tertiary/aromatic N) is 1. The molecule has 2 aromatic carbocycles. The molecule has 1 N–H and O–H groups in total. The molecule has 0 spiro atoms. The summed E-state index contributed by atoms with van der Waals surface area (Å²) in [6, 6.07) is 12.4. The number of rotatable bonds is 4. The monoisotopic (exact) mass is 406 g/mol. The Kier molecular flexibility index (Phi) is 6.17. The lowest BCUT2D eigenvalue weighted by atomic mass is 10.1. The summed E-state index contributed by atoms with van der Waals surface area (Å²) in [7, 11) is 3.29. The first-order valence-electron chi connectivity index (χ1n) is 7.13. The molecule has 0 aromatic heterocycles. The van der Waals surface area contributed by atoms with E-state index in [4.69, 9.17) is 11.6 Å². The SMILES string of the molecule is CN(C)C(=O)c1cc(NC(=O)/C=C/c2ccccc2Br)ccc1Cl. The maximum atomic E-state index is 12.1. The predicted octanol–water partition coefficient (Wildman–Crippen LogP) is 4.46. The van der Waals surface area contributed by atoms with Crippen LogP contribution in [0.2, 0.25) is 5.02 Å². The quantitative estimate of drug-likeness (QED) is 0.761. The zero-order chi connectivity index (χ0) is 17.7. The second-order valence-electron chi connectivity index (χ2n) is 5.24. The Bertz CT molecular complexity index is 803. The second-order valence-corrected chi connectivity index (χ2v) is 6.50. The second kappa shape index (κ2) is 8.13. The van der Waals surface area contributed by atoms with Crippen LogP contribution in [0.25, 0.3) is 6.08 Å². The van der Waals surface area contributed by atoms with E-state index in [1.165, 1.54) is 11.0 Å². The summed E-state index contributed by atoms with van der Waals surface area (Å²) in [5.41, 5.74) is 1.74. The molecule has 0 unspecified atom stereocenters. The van der Waals surface area contributed by atoms with Crippen LogP contribution in [0.4, 0.5) is 5.69 Å². The van der Waals surface area contributed by atoms with Crippen LogP contribution in [-0.2, 0) is 4.79 Å². The number of amides is 2. The van der Waals surface area contributed by atoms with Gasteiger partial charge >= 0.3 is 0 Å². The predicted molar refractivity (Wildman–Crippen MR) is 101 cm³/mol. The van der Waals surface area contributed by atoms with Crippen LogP contribution >= 0.6 is 27.5 Å². The molecule has 0 bridgehead atoms. The zero-order valence-corrected chi connectivity index (χ0v) is 15.6. The Balaban J connectivity index is 2.13. The van der Waals surface area contributed by atoms with E-state index in [-0.39, 0.29) is 11.8 Å². The third-order valence-corrected chi connectivity index (χ3v) is 4.24. The highest BCUT2D eigenvalue weighted by molar-refractivity contribution is 9.10. The zero-order valence-electron chi connectivity index (χ0n) is 13.2. The standard InChI is InChI=1S/C18H16BrClN2O2/c1-22(2)18(24)14-11-13(8-9-16(14)20)21-17(23)10-7-12-5-3-4-6-15(12)19/h3-11H,1-2H3,(H,21,23)/b10-7+. The van der Waals surface area contributed by atoms with Gasteiger partial charge in [0.05, 0.1) is 10.6 Å². The van der Waals surface area contributed by atoms with E-state index in [0.29, 0.717) is 16.3 Å². The summed E-state index contributed by atoms with van der Waals surface area (Å²) >= 11 is 9.47. The highest BCUT2D eigenvalue weighted by Crippen LogP contribution is 2.22. The Morgan fingerprint density at radius 2 is 1.88 bits per heavy atom. The number of benzene rings is 2. The molecular formula is C18H16BrClN2O2. The van der Waals surface area contributed by atoms with Crippen LogP contribution in [-0.4, -0.2) is 30.8 Å². The molecule has 0 saturated carbocycles. The molecule has 0 heterocycles. The highest BCUT2D eigenvalue weighted by atomic mass is 79.9. The Morgan fingerprint density at radius 3 is 2.54 bits per heavy atom. The van der Waals surface area contributed by atoms with Gasteiger partial charge in [0.2, 0.25) is 5.91 Å². The van der Waals surface area contributed by atoms with Crippen LogP contribution in [0.1, 0.15) is 15.9 Å². The lowest BCUT2D eigenvalue weighted by molar-refractivity contribution is -0.111. The summed E-state index contributed by atoms with van der Waals surface area (Å²) in [5, 5.41) is 3.07. The number of nitrogens with one attached hydrogen (secondary N) is 1. The molecule has 0 fully saturated rings. The van der Waals surface area contributed by atoms with Crippen LogP contribution in [0.5, 0.6) is 0 Å². The number of hydrogen-bond donors (Lipinski definition) is 1. The minimum Gasteiger partial charge on any atom is -0.345 e. The molecular weight excluding hydrogens is 392 g/mol. The molecule has 2 aromatic rings. The Morgan fingerprint density at radius 1 is 1.17 bits per heavy atom. The normalized spacial score (nSPS) is 10.7. The van der Waals surface area contributed by atoms with E-state index in [9.17, 15) is 9.59 Å². The van der Waals surface area contributed by atoms with Crippen molar-refractivity contribution < 1.29 is 9.59 Å². The average Bonchev–Trinajstić information content (AvgIpc) is 2.55. The van der Waals surface area contributed by atoms with E-state index in [2.05, 4.69) is 21.2 Å². The Hall–Kier alpha value is -2.11. The van der Waals surface area contributed by atoms with Gasteiger partial charge in [-0.05, 0) is 35.9 Å². The van der Waals surface area contributed by atoms with Gasteiger partial charge in [0.15, 0.2) is 0 Å². The van der Waals surface area contributed by atoms with Crippen LogP contribution < -0.4 is 5.32 Å². The molecule has 24 heavy (non-hydrogen) atoms. The molecule has 0 aliphatic rings. The van der Waals surface area contributed by atoms with Gasteiger partial charge in [-0.2, -0.15) is 0 Å². The third kappa shape index (κ3) is 4.69. The first kappa shape index (κ1) is 18.2. The van der Waals surface area contributed by atoms with Crippen molar-refractivity contribution in [2.75, 3.05) is 19.4 Å². The largest absolute Gasteiger partial charge is 0.345 e. The summed E-state index contributed by atoms with van der Waals surface area (Å²) in [4.78, 5) is 25.5. The van der Waals surface area contributed by atoms with Gasteiger partial charge in [0.1, 0.15) is 0 Å². The van der Waals surface area contributed by atoms with E-state index in [0.717, 1.165) is 10.0 Å².